The summed E-state index contributed by atoms with van der Waals surface area (Å²) in [6, 6.07) is 7.66. The van der Waals surface area contributed by atoms with Crippen LogP contribution in [0.1, 0.15) is 11.3 Å². The first-order valence-electron chi connectivity index (χ1n) is 6.04. The highest BCUT2D eigenvalue weighted by molar-refractivity contribution is 9.10. The van der Waals surface area contributed by atoms with Crippen molar-refractivity contribution in [2.45, 2.75) is 13.0 Å². The van der Waals surface area contributed by atoms with E-state index in [1.165, 1.54) is 7.11 Å². The number of esters is 1. The van der Waals surface area contributed by atoms with Gasteiger partial charge in [-0.15, -0.1) is 5.10 Å². The van der Waals surface area contributed by atoms with Crippen molar-refractivity contribution >= 4 is 27.6 Å². The quantitative estimate of drug-likeness (QED) is 0.843. The molecule has 1 heterocycles. The van der Waals surface area contributed by atoms with E-state index in [9.17, 15) is 4.79 Å². The number of rotatable bonds is 5. The zero-order valence-electron chi connectivity index (χ0n) is 11.3. The highest BCUT2D eigenvalue weighted by Crippen LogP contribution is 2.16. The highest BCUT2D eigenvalue weighted by atomic mass is 79.9. The van der Waals surface area contributed by atoms with Gasteiger partial charge in [-0.2, -0.15) is 0 Å². The molecule has 1 N–H and O–H groups in total. The Balaban J connectivity index is 2.03. The summed E-state index contributed by atoms with van der Waals surface area (Å²) in [4.78, 5) is 11.3. The minimum Gasteiger partial charge on any atom is -0.469 e. The fourth-order valence-electron chi connectivity index (χ4n) is 1.75. The van der Waals surface area contributed by atoms with Crippen molar-refractivity contribution < 1.29 is 9.53 Å². The van der Waals surface area contributed by atoms with Gasteiger partial charge in [0, 0.05) is 12.7 Å². The molecule has 2 aromatic rings. The first-order valence-corrected chi connectivity index (χ1v) is 6.83. The lowest BCUT2D eigenvalue weighted by Crippen LogP contribution is -2.07. The second-order valence-corrected chi connectivity index (χ2v) is 5.01. The summed E-state index contributed by atoms with van der Waals surface area (Å²) in [5, 5.41) is 11.1. The molecular formula is C13H15BrN4O2. The number of aryl methyl sites for hydroxylation is 1. The van der Waals surface area contributed by atoms with Gasteiger partial charge in [0.05, 0.1) is 25.8 Å². The van der Waals surface area contributed by atoms with Gasteiger partial charge in [0.25, 0.3) is 0 Å². The predicted molar refractivity (Wildman–Crippen MR) is 78.2 cm³/mol. The lowest BCUT2D eigenvalue weighted by Gasteiger charge is -2.08. The molecule has 7 heteroatoms. The van der Waals surface area contributed by atoms with Crippen molar-refractivity contribution in [2.24, 2.45) is 7.05 Å². The van der Waals surface area contributed by atoms with E-state index in [-0.39, 0.29) is 12.4 Å². The number of anilines is 1. The van der Waals surface area contributed by atoms with Crippen molar-refractivity contribution in [3.8, 4) is 0 Å². The first-order chi connectivity index (χ1) is 9.60. The SMILES string of the molecule is COC(=O)Cc1cccc(NCc2c(Br)nnn2C)c1. The lowest BCUT2D eigenvalue weighted by molar-refractivity contribution is -0.139. The number of benzene rings is 1. The van der Waals surface area contributed by atoms with Crippen LogP contribution in [0.2, 0.25) is 0 Å². The molecule has 2 rings (SSSR count). The van der Waals surface area contributed by atoms with E-state index in [1.807, 2.05) is 31.3 Å². The molecule has 0 saturated carbocycles. The van der Waals surface area contributed by atoms with Gasteiger partial charge in [0.15, 0.2) is 4.60 Å². The van der Waals surface area contributed by atoms with Crippen LogP contribution in [0.3, 0.4) is 0 Å². The molecule has 0 atom stereocenters. The largest absolute Gasteiger partial charge is 0.469 e. The number of methoxy groups -OCH3 is 1. The topological polar surface area (TPSA) is 69.0 Å². The Morgan fingerprint density at radius 2 is 2.30 bits per heavy atom. The Labute approximate surface area is 125 Å². The molecule has 106 valence electrons. The maximum absolute atomic E-state index is 11.3. The van der Waals surface area contributed by atoms with Gasteiger partial charge in [-0.25, -0.2) is 4.68 Å². The number of ether oxygens (including phenoxy) is 1. The predicted octanol–water partition coefficient (Wildman–Crippen LogP) is 1.91. The molecule has 0 radical (unpaired) electrons. The Morgan fingerprint density at radius 1 is 1.50 bits per heavy atom. The standard InChI is InChI=1S/C13H15BrN4O2/c1-18-11(13(14)16-17-18)8-15-10-5-3-4-9(6-10)7-12(19)20-2/h3-6,15H,7-8H2,1-2H3. The Hall–Kier alpha value is -1.89. The van der Waals surface area contributed by atoms with E-state index in [0.717, 1.165) is 21.5 Å². The van der Waals surface area contributed by atoms with Crippen molar-refractivity contribution in [1.29, 1.82) is 0 Å². The van der Waals surface area contributed by atoms with Gasteiger partial charge < -0.3 is 10.1 Å². The number of hydrogen-bond acceptors (Lipinski definition) is 5. The Bertz CT molecular complexity index is 593. The van der Waals surface area contributed by atoms with Crippen molar-refractivity contribution in [1.82, 2.24) is 15.0 Å². The summed E-state index contributed by atoms with van der Waals surface area (Å²) in [5.41, 5.74) is 2.78. The molecule has 0 saturated heterocycles. The molecule has 1 aromatic carbocycles. The van der Waals surface area contributed by atoms with Crippen LogP contribution in [0.25, 0.3) is 0 Å². The monoisotopic (exact) mass is 338 g/mol. The maximum atomic E-state index is 11.3. The number of halogens is 1. The molecule has 20 heavy (non-hydrogen) atoms. The average molecular weight is 339 g/mol. The summed E-state index contributed by atoms with van der Waals surface area (Å²) in [6.07, 6.45) is 0.267. The number of hydrogen-bond donors (Lipinski definition) is 1. The number of nitrogens with zero attached hydrogens (tertiary/aromatic N) is 3. The highest BCUT2D eigenvalue weighted by Gasteiger charge is 2.08. The molecule has 6 nitrogen and oxygen atoms in total. The summed E-state index contributed by atoms with van der Waals surface area (Å²) in [7, 11) is 3.22. The minimum absolute atomic E-state index is 0.249. The van der Waals surface area contributed by atoms with Crippen LogP contribution in [0.5, 0.6) is 0 Å². The second kappa shape index (κ2) is 6.51. The molecule has 0 aliphatic heterocycles. The van der Waals surface area contributed by atoms with E-state index in [2.05, 4.69) is 36.3 Å². The summed E-state index contributed by atoms with van der Waals surface area (Å²) in [6.45, 7) is 0.589. The molecule has 0 spiro atoms. The second-order valence-electron chi connectivity index (χ2n) is 4.26. The fourth-order valence-corrected chi connectivity index (χ4v) is 2.22. The maximum Gasteiger partial charge on any atom is 0.309 e. The van der Waals surface area contributed by atoms with Gasteiger partial charge in [-0.3, -0.25) is 4.79 Å². The van der Waals surface area contributed by atoms with Crippen LogP contribution in [-0.4, -0.2) is 28.1 Å². The molecule has 0 amide bonds. The van der Waals surface area contributed by atoms with Gasteiger partial charge in [-0.1, -0.05) is 17.3 Å². The van der Waals surface area contributed by atoms with E-state index in [4.69, 9.17) is 0 Å². The van der Waals surface area contributed by atoms with E-state index in [0.29, 0.717) is 6.54 Å². The molecule has 0 bridgehead atoms. The molecular weight excluding hydrogens is 324 g/mol. The van der Waals surface area contributed by atoms with Gasteiger partial charge in [0.1, 0.15) is 0 Å². The van der Waals surface area contributed by atoms with Crippen LogP contribution in [-0.2, 0) is 29.5 Å². The lowest BCUT2D eigenvalue weighted by atomic mass is 10.1. The van der Waals surface area contributed by atoms with E-state index in [1.54, 1.807) is 4.68 Å². The van der Waals surface area contributed by atoms with Crippen LogP contribution < -0.4 is 5.32 Å². The molecule has 0 aliphatic rings. The average Bonchev–Trinajstić information content (AvgIpc) is 2.76. The Kier molecular flexibility index (Phi) is 4.73. The van der Waals surface area contributed by atoms with Crippen molar-refractivity contribution in [2.75, 3.05) is 12.4 Å². The van der Waals surface area contributed by atoms with Crippen molar-refractivity contribution in [3.05, 3.63) is 40.1 Å². The number of carbonyl (C=O) groups is 1. The molecule has 1 aromatic heterocycles. The third kappa shape index (κ3) is 3.57. The van der Waals surface area contributed by atoms with E-state index >= 15 is 0 Å². The van der Waals surface area contributed by atoms with Crippen LogP contribution in [0.4, 0.5) is 5.69 Å². The van der Waals surface area contributed by atoms with Gasteiger partial charge in [0.2, 0.25) is 0 Å². The zero-order chi connectivity index (χ0) is 14.5. The third-order valence-electron chi connectivity index (χ3n) is 2.86. The molecule has 0 unspecified atom stereocenters. The summed E-state index contributed by atoms with van der Waals surface area (Å²) >= 11 is 3.35. The summed E-state index contributed by atoms with van der Waals surface area (Å²) in [5.74, 6) is -0.249. The summed E-state index contributed by atoms with van der Waals surface area (Å²) < 4.78 is 7.08. The van der Waals surface area contributed by atoms with Crippen LogP contribution >= 0.6 is 15.9 Å². The number of carbonyl (C=O) groups excluding carboxylic acids is 1. The van der Waals surface area contributed by atoms with Gasteiger partial charge >= 0.3 is 5.97 Å². The van der Waals surface area contributed by atoms with Crippen molar-refractivity contribution in [3.63, 3.8) is 0 Å². The first kappa shape index (κ1) is 14.5. The fraction of sp³-hybridized carbons (Fsp3) is 0.308. The normalized spacial score (nSPS) is 10.3. The zero-order valence-corrected chi connectivity index (χ0v) is 12.8. The molecule has 0 fully saturated rings. The number of aromatic nitrogens is 3. The Morgan fingerprint density at radius 3 is 2.95 bits per heavy atom. The van der Waals surface area contributed by atoms with Crippen LogP contribution in [0, 0.1) is 0 Å². The molecule has 0 aliphatic carbocycles. The number of nitrogens with one attached hydrogen (secondary N) is 1. The van der Waals surface area contributed by atoms with E-state index < -0.39 is 0 Å². The smallest absolute Gasteiger partial charge is 0.309 e. The van der Waals surface area contributed by atoms with Gasteiger partial charge in [-0.05, 0) is 33.6 Å². The minimum atomic E-state index is -0.249. The van der Waals surface area contributed by atoms with Crippen LogP contribution in [0.15, 0.2) is 28.9 Å². The third-order valence-corrected chi connectivity index (χ3v) is 3.47.